The second-order valence-corrected chi connectivity index (χ2v) is 5.33. The van der Waals surface area contributed by atoms with Crippen molar-refractivity contribution in [3.05, 3.63) is 28.5 Å². The number of halogens is 2. The molecule has 1 aliphatic carbocycles. The second-order valence-electron chi connectivity index (χ2n) is 4.42. The van der Waals surface area contributed by atoms with Crippen molar-refractivity contribution in [2.24, 2.45) is 0 Å². The van der Waals surface area contributed by atoms with E-state index in [1.807, 2.05) is 0 Å². The van der Waals surface area contributed by atoms with Crippen molar-refractivity contribution in [1.29, 1.82) is 5.26 Å². The van der Waals surface area contributed by atoms with Gasteiger partial charge in [0.05, 0.1) is 19.1 Å². The Morgan fingerprint density at radius 2 is 2.32 bits per heavy atom. The summed E-state index contributed by atoms with van der Waals surface area (Å²) in [6.07, 6.45) is 1.48. The molecular weight excluding hydrogens is 315 g/mol. The zero-order chi connectivity index (χ0) is 13.9. The second kappa shape index (κ2) is 5.57. The molecule has 1 amide bonds. The lowest BCUT2D eigenvalue weighted by Gasteiger charge is -2.10. The van der Waals surface area contributed by atoms with Gasteiger partial charge in [0, 0.05) is 4.47 Å². The van der Waals surface area contributed by atoms with Gasteiger partial charge < -0.3 is 10.1 Å². The van der Waals surface area contributed by atoms with Crippen LogP contribution in [0.1, 0.15) is 19.3 Å². The molecule has 1 saturated carbocycles. The Morgan fingerprint density at radius 1 is 1.58 bits per heavy atom. The van der Waals surface area contributed by atoms with Crippen LogP contribution in [-0.2, 0) is 4.79 Å². The average Bonchev–Trinajstić information content (AvgIpc) is 3.12. The molecule has 1 fully saturated rings. The largest absolute Gasteiger partial charge is 0.490 e. The van der Waals surface area contributed by atoms with E-state index in [9.17, 15) is 9.18 Å². The summed E-state index contributed by atoms with van der Waals surface area (Å²) in [5.74, 6) is -0.626. The van der Waals surface area contributed by atoms with Crippen molar-refractivity contribution < 1.29 is 13.9 Å². The van der Waals surface area contributed by atoms with Crippen LogP contribution < -0.4 is 10.1 Å². The molecule has 0 atom stereocenters. The fraction of sp³-hybridized carbons (Fsp3) is 0.385. The minimum atomic E-state index is -0.667. The highest BCUT2D eigenvalue weighted by Gasteiger charge is 2.44. The number of carbonyl (C=O) groups excluding carboxylic acids is 1. The van der Waals surface area contributed by atoms with E-state index in [-0.39, 0.29) is 24.7 Å². The van der Waals surface area contributed by atoms with Gasteiger partial charge in [0.15, 0.2) is 11.6 Å². The van der Waals surface area contributed by atoms with Crippen LogP contribution in [0.3, 0.4) is 0 Å². The molecule has 0 aliphatic heterocycles. The van der Waals surface area contributed by atoms with Gasteiger partial charge in [0.2, 0.25) is 5.91 Å². The maximum absolute atomic E-state index is 13.4. The smallest absolute Gasteiger partial charge is 0.224 e. The summed E-state index contributed by atoms with van der Waals surface area (Å²) in [5.41, 5.74) is -0.667. The van der Waals surface area contributed by atoms with E-state index in [1.165, 1.54) is 12.1 Å². The number of amides is 1. The predicted octanol–water partition coefficient (Wildman–Crippen LogP) is 2.53. The predicted molar refractivity (Wildman–Crippen MR) is 69.9 cm³/mol. The van der Waals surface area contributed by atoms with Crippen LogP contribution >= 0.6 is 15.9 Å². The fourth-order valence-electron chi connectivity index (χ4n) is 1.57. The fourth-order valence-corrected chi connectivity index (χ4v) is 1.90. The maximum atomic E-state index is 13.4. The number of nitrogens with zero attached hydrogens (tertiary/aromatic N) is 1. The monoisotopic (exact) mass is 326 g/mol. The number of ether oxygens (including phenoxy) is 1. The van der Waals surface area contributed by atoms with Crippen molar-refractivity contribution >= 4 is 21.8 Å². The Kier molecular flexibility index (Phi) is 4.05. The standard InChI is InChI=1S/C13H12BrFN2O2/c14-9-1-2-11(10(15)7-9)19-6-3-12(18)17-13(8-16)4-5-13/h1-2,7H,3-6H2,(H,17,18). The van der Waals surface area contributed by atoms with Gasteiger partial charge in [0.25, 0.3) is 0 Å². The first-order chi connectivity index (χ1) is 9.04. The summed E-state index contributed by atoms with van der Waals surface area (Å²) in [5, 5.41) is 11.5. The van der Waals surface area contributed by atoms with E-state index in [2.05, 4.69) is 27.3 Å². The van der Waals surface area contributed by atoms with Crippen LogP contribution in [0, 0.1) is 17.1 Å². The lowest BCUT2D eigenvalue weighted by molar-refractivity contribution is -0.122. The quantitative estimate of drug-likeness (QED) is 0.904. The molecule has 19 heavy (non-hydrogen) atoms. The number of benzene rings is 1. The Morgan fingerprint density at radius 3 is 2.89 bits per heavy atom. The zero-order valence-electron chi connectivity index (χ0n) is 10.1. The molecule has 6 heteroatoms. The summed E-state index contributed by atoms with van der Waals surface area (Å²) in [6, 6.07) is 6.52. The third kappa shape index (κ3) is 3.67. The Labute approximate surface area is 118 Å². The van der Waals surface area contributed by atoms with Crippen LogP contribution in [0.2, 0.25) is 0 Å². The van der Waals surface area contributed by atoms with Crippen LogP contribution in [0.25, 0.3) is 0 Å². The molecule has 1 aromatic rings. The summed E-state index contributed by atoms with van der Waals surface area (Å²) in [7, 11) is 0. The maximum Gasteiger partial charge on any atom is 0.224 e. The molecule has 4 nitrogen and oxygen atoms in total. The van der Waals surface area contributed by atoms with Gasteiger partial charge in [-0.15, -0.1) is 0 Å². The van der Waals surface area contributed by atoms with Gasteiger partial charge in [-0.1, -0.05) is 15.9 Å². The Balaban J connectivity index is 1.77. The van der Waals surface area contributed by atoms with Crippen molar-refractivity contribution in [2.45, 2.75) is 24.8 Å². The number of nitriles is 1. The van der Waals surface area contributed by atoms with Gasteiger partial charge >= 0.3 is 0 Å². The van der Waals surface area contributed by atoms with E-state index < -0.39 is 11.4 Å². The summed E-state index contributed by atoms with van der Waals surface area (Å²) < 4.78 is 19.2. The molecule has 0 radical (unpaired) electrons. The molecule has 0 aromatic heterocycles. The highest BCUT2D eigenvalue weighted by atomic mass is 79.9. The first kappa shape index (κ1) is 13.8. The molecule has 0 spiro atoms. The van der Waals surface area contributed by atoms with E-state index in [0.717, 1.165) is 0 Å². The van der Waals surface area contributed by atoms with Crippen molar-refractivity contribution in [3.63, 3.8) is 0 Å². The summed E-state index contributed by atoms with van der Waals surface area (Å²) in [6.45, 7) is 0.0753. The molecule has 0 bridgehead atoms. The van der Waals surface area contributed by atoms with Crippen LogP contribution in [0.15, 0.2) is 22.7 Å². The van der Waals surface area contributed by atoms with Crippen LogP contribution in [0.4, 0.5) is 4.39 Å². The van der Waals surface area contributed by atoms with Crippen molar-refractivity contribution in [1.82, 2.24) is 5.32 Å². The van der Waals surface area contributed by atoms with Gasteiger partial charge in [-0.3, -0.25) is 4.79 Å². The highest BCUT2D eigenvalue weighted by Crippen LogP contribution is 2.34. The number of hydrogen-bond donors (Lipinski definition) is 1. The first-order valence-corrected chi connectivity index (χ1v) is 6.64. The van der Waals surface area contributed by atoms with E-state index >= 15 is 0 Å². The average molecular weight is 327 g/mol. The lowest BCUT2D eigenvalue weighted by atomic mass is 10.3. The molecular formula is C13H12BrFN2O2. The third-order valence-corrected chi connectivity index (χ3v) is 3.32. The van der Waals surface area contributed by atoms with Crippen LogP contribution in [-0.4, -0.2) is 18.1 Å². The number of carbonyl (C=O) groups is 1. The van der Waals surface area contributed by atoms with Gasteiger partial charge in [-0.05, 0) is 31.0 Å². The van der Waals surface area contributed by atoms with Gasteiger partial charge in [-0.2, -0.15) is 5.26 Å². The molecule has 2 rings (SSSR count). The lowest BCUT2D eigenvalue weighted by Crippen LogP contribution is -2.36. The van der Waals surface area contributed by atoms with Gasteiger partial charge in [0.1, 0.15) is 5.54 Å². The number of hydrogen-bond acceptors (Lipinski definition) is 3. The van der Waals surface area contributed by atoms with Crippen LogP contribution in [0.5, 0.6) is 5.75 Å². The normalized spacial score (nSPS) is 15.4. The SMILES string of the molecule is N#CC1(NC(=O)CCOc2ccc(Br)cc2F)CC1. The summed E-state index contributed by atoms with van der Waals surface area (Å²) >= 11 is 3.15. The van der Waals surface area contributed by atoms with E-state index in [4.69, 9.17) is 10.00 Å². The molecule has 0 unspecified atom stereocenters. The molecule has 0 saturated heterocycles. The van der Waals surface area contributed by atoms with E-state index in [1.54, 1.807) is 6.07 Å². The zero-order valence-corrected chi connectivity index (χ0v) is 11.7. The van der Waals surface area contributed by atoms with Crippen molar-refractivity contribution in [3.8, 4) is 11.8 Å². The van der Waals surface area contributed by atoms with Crippen molar-refractivity contribution in [2.75, 3.05) is 6.61 Å². The number of rotatable bonds is 5. The minimum Gasteiger partial charge on any atom is -0.490 e. The minimum absolute atomic E-state index is 0.0753. The molecule has 0 heterocycles. The van der Waals surface area contributed by atoms with Gasteiger partial charge in [-0.25, -0.2) is 4.39 Å². The summed E-state index contributed by atoms with van der Waals surface area (Å²) in [4.78, 5) is 11.5. The topological polar surface area (TPSA) is 62.1 Å². The molecule has 1 N–H and O–H groups in total. The molecule has 1 aliphatic rings. The highest BCUT2D eigenvalue weighted by molar-refractivity contribution is 9.10. The Bertz CT molecular complexity index is 538. The first-order valence-electron chi connectivity index (χ1n) is 5.85. The van der Waals surface area contributed by atoms with E-state index in [0.29, 0.717) is 17.3 Å². The Hall–Kier alpha value is -1.61. The molecule has 100 valence electrons. The third-order valence-electron chi connectivity index (χ3n) is 2.82. The number of nitrogens with one attached hydrogen (secondary N) is 1. The molecule has 1 aromatic carbocycles.